The van der Waals surface area contributed by atoms with Gasteiger partial charge in [-0.15, -0.1) is 0 Å². The smallest absolute Gasteiger partial charge is 0.243 e. The zero-order valence-corrected chi connectivity index (χ0v) is 23.7. The summed E-state index contributed by atoms with van der Waals surface area (Å²) in [5.41, 5.74) is 2.09. The largest absolute Gasteiger partial charge is 0.309 e. The molecule has 1 aromatic heterocycles. The molecule has 0 fully saturated rings. The van der Waals surface area contributed by atoms with Crippen molar-refractivity contribution in [2.75, 3.05) is 18.4 Å². The average Bonchev–Trinajstić information content (AvgIpc) is 3.36. The number of anilines is 1. The number of nitrogens with zero attached hydrogens (tertiary/aromatic N) is 3. The lowest BCUT2D eigenvalue weighted by Gasteiger charge is -2.24. The number of nitrogens with one attached hydrogen (secondary N) is 1. The zero-order valence-electron chi connectivity index (χ0n) is 22.2. The first-order valence-electron chi connectivity index (χ1n) is 12.9. The highest BCUT2D eigenvalue weighted by Crippen LogP contribution is 2.29. The molecule has 0 saturated carbocycles. The number of sulfonamides is 1. The molecule has 5 aromatic rings. The molecule has 5 rings (SSSR count). The van der Waals surface area contributed by atoms with E-state index in [0.717, 1.165) is 16.3 Å². The van der Waals surface area contributed by atoms with E-state index in [1.54, 1.807) is 41.1 Å². The summed E-state index contributed by atoms with van der Waals surface area (Å²) in [6.45, 7) is 3.65. The van der Waals surface area contributed by atoms with Gasteiger partial charge in [-0.3, -0.25) is 4.79 Å². The zero-order chi connectivity index (χ0) is 28.3. The van der Waals surface area contributed by atoms with Gasteiger partial charge in [-0.2, -0.15) is 9.40 Å². The molecule has 1 N–H and O–H groups in total. The van der Waals surface area contributed by atoms with E-state index >= 15 is 0 Å². The lowest BCUT2D eigenvalue weighted by molar-refractivity contribution is -0.116. The Labute approximate surface area is 239 Å². The van der Waals surface area contributed by atoms with Gasteiger partial charge in [0.1, 0.15) is 5.82 Å². The first-order chi connectivity index (χ1) is 19.2. The minimum atomic E-state index is -3.95. The number of carbonyl (C=O) groups excluding carboxylic acids is 1. The summed E-state index contributed by atoms with van der Waals surface area (Å²) in [6, 6.07) is 31.1. The maximum atomic E-state index is 13.7. The molecule has 1 heterocycles. The Kier molecular flexibility index (Phi) is 8.02. The lowest BCUT2D eigenvalue weighted by atomic mass is 10.1. The summed E-state index contributed by atoms with van der Waals surface area (Å²) < 4.78 is 30.3. The number of amides is 1. The Morgan fingerprint density at radius 1 is 0.900 bits per heavy atom. The minimum Gasteiger partial charge on any atom is -0.309 e. The Balaban J connectivity index is 1.46. The molecule has 1 amide bonds. The number of hydrogen-bond acceptors (Lipinski definition) is 4. The van der Waals surface area contributed by atoms with Gasteiger partial charge in [0.15, 0.2) is 0 Å². The summed E-state index contributed by atoms with van der Waals surface area (Å²) in [4.78, 5) is 13.6. The first-order valence-corrected chi connectivity index (χ1v) is 14.7. The van der Waals surface area contributed by atoms with Gasteiger partial charge in [0.2, 0.25) is 15.9 Å². The minimum absolute atomic E-state index is 0.00127. The van der Waals surface area contributed by atoms with Gasteiger partial charge in [0.05, 0.1) is 27.8 Å². The van der Waals surface area contributed by atoms with Crippen molar-refractivity contribution in [1.82, 2.24) is 14.1 Å². The second kappa shape index (κ2) is 11.6. The summed E-state index contributed by atoms with van der Waals surface area (Å²) in [6.07, 6.45) is 0. The van der Waals surface area contributed by atoms with Crippen molar-refractivity contribution >= 4 is 44.1 Å². The Morgan fingerprint density at radius 3 is 2.30 bits per heavy atom. The maximum Gasteiger partial charge on any atom is 0.243 e. The first kappa shape index (κ1) is 27.6. The third kappa shape index (κ3) is 5.94. The van der Waals surface area contributed by atoms with Crippen LogP contribution in [0.5, 0.6) is 0 Å². The van der Waals surface area contributed by atoms with E-state index in [2.05, 4.69) is 5.32 Å². The van der Waals surface area contributed by atoms with E-state index in [0.29, 0.717) is 22.2 Å². The van der Waals surface area contributed by atoms with Gasteiger partial charge in [-0.05, 0) is 41.0 Å². The van der Waals surface area contributed by atoms with Crippen LogP contribution in [0, 0.1) is 5.92 Å². The van der Waals surface area contributed by atoms with Crippen LogP contribution in [-0.4, -0.2) is 41.5 Å². The second-order valence-electron chi connectivity index (χ2n) is 9.89. The second-order valence-corrected chi connectivity index (χ2v) is 12.2. The van der Waals surface area contributed by atoms with Crippen LogP contribution < -0.4 is 5.32 Å². The maximum absolute atomic E-state index is 13.7. The predicted molar refractivity (Wildman–Crippen MR) is 160 cm³/mol. The van der Waals surface area contributed by atoms with Crippen molar-refractivity contribution in [3.63, 3.8) is 0 Å². The van der Waals surface area contributed by atoms with E-state index in [9.17, 15) is 13.2 Å². The molecule has 7 nitrogen and oxygen atoms in total. The number of para-hydroxylation sites is 1. The van der Waals surface area contributed by atoms with Crippen LogP contribution in [0.25, 0.3) is 27.7 Å². The number of rotatable bonds is 9. The fraction of sp³-hybridized carbons (Fsp3) is 0.161. The molecular weight excluding hydrogens is 544 g/mol. The number of halogens is 1. The van der Waals surface area contributed by atoms with Crippen LogP contribution in [0.15, 0.2) is 108 Å². The lowest BCUT2D eigenvalue weighted by Crippen LogP contribution is -2.40. The monoisotopic (exact) mass is 572 g/mol. The molecule has 0 atom stereocenters. The van der Waals surface area contributed by atoms with Crippen molar-refractivity contribution in [1.29, 1.82) is 0 Å². The summed E-state index contributed by atoms with van der Waals surface area (Å²) >= 11 is 6.47. The molecule has 9 heteroatoms. The molecular formula is C31H29ClN4O3S. The molecule has 40 heavy (non-hydrogen) atoms. The Bertz CT molecular complexity index is 1770. The van der Waals surface area contributed by atoms with Crippen molar-refractivity contribution in [2.45, 2.75) is 18.7 Å². The standard InChI is InChI=1S/C31H29ClN4O3S/c1-22(2)20-35(40(38,39)26-17-16-23-10-6-7-13-25(23)18-26)21-31(37)33-30-19-28(24-11-4-3-5-12-24)34-36(30)29-15-9-8-14-27(29)32/h3-19,22H,20-21H2,1-2H3,(H,33,37). The molecule has 0 spiro atoms. The van der Waals surface area contributed by atoms with Crippen LogP contribution in [0.4, 0.5) is 5.82 Å². The number of benzene rings is 4. The van der Waals surface area contributed by atoms with Gasteiger partial charge >= 0.3 is 0 Å². The number of aromatic nitrogens is 2. The molecule has 0 radical (unpaired) electrons. The summed E-state index contributed by atoms with van der Waals surface area (Å²) in [5, 5.41) is 9.80. The van der Waals surface area contributed by atoms with Crippen molar-refractivity contribution in [2.24, 2.45) is 5.92 Å². The normalized spacial score (nSPS) is 11.8. The van der Waals surface area contributed by atoms with Crippen molar-refractivity contribution < 1.29 is 13.2 Å². The van der Waals surface area contributed by atoms with Gasteiger partial charge in [0, 0.05) is 18.2 Å². The highest BCUT2D eigenvalue weighted by Gasteiger charge is 2.28. The molecule has 0 unspecified atom stereocenters. The fourth-order valence-corrected chi connectivity index (χ4v) is 6.31. The van der Waals surface area contributed by atoms with Gasteiger partial charge in [-0.25, -0.2) is 13.1 Å². The number of hydrogen-bond donors (Lipinski definition) is 1. The van der Waals surface area contributed by atoms with Gasteiger partial charge in [-0.1, -0.05) is 98.2 Å². The molecule has 0 bridgehead atoms. The number of carbonyl (C=O) groups is 1. The highest BCUT2D eigenvalue weighted by molar-refractivity contribution is 7.89. The van der Waals surface area contributed by atoms with Crippen LogP contribution in [-0.2, 0) is 14.8 Å². The molecule has 4 aromatic carbocycles. The molecule has 0 aliphatic rings. The van der Waals surface area contributed by atoms with E-state index < -0.39 is 15.9 Å². The molecule has 0 aliphatic heterocycles. The van der Waals surface area contributed by atoms with Crippen LogP contribution in [0.2, 0.25) is 5.02 Å². The van der Waals surface area contributed by atoms with Crippen LogP contribution >= 0.6 is 11.6 Å². The van der Waals surface area contributed by atoms with Crippen molar-refractivity contribution in [3.05, 3.63) is 108 Å². The fourth-order valence-electron chi connectivity index (χ4n) is 4.50. The van der Waals surface area contributed by atoms with Crippen molar-refractivity contribution in [3.8, 4) is 16.9 Å². The van der Waals surface area contributed by atoms with E-state index in [1.165, 1.54) is 4.31 Å². The van der Waals surface area contributed by atoms with Gasteiger partial charge in [0.25, 0.3) is 0 Å². The molecule has 204 valence electrons. The van der Waals surface area contributed by atoms with E-state index in [1.807, 2.05) is 80.6 Å². The third-order valence-electron chi connectivity index (χ3n) is 6.37. The SMILES string of the molecule is CC(C)CN(CC(=O)Nc1cc(-c2ccccc2)nn1-c1ccccc1Cl)S(=O)(=O)c1ccc2ccccc2c1. The van der Waals surface area contributed by atoms with Gasteiger partial charge < -0.3 is 5.32 Å². The van der Waals surface area contributed by atoms with E-state index in [4.69, 9.17) is 16.7 Å². The van der Waals surface area contributed by atoms with E-state index in [-0.39, 0.29) is 23.9 Å². The predicted octanol–water partition coefficient (Wildman–Crippen LogP) is 6.63. The summed E-state index contributed by atoms with van der Waals surface area (Å²) in [7, 11) is -3.95. The molecule has 0 aliphatic carbocycles. The number of fused-ring (bicyclic) bond motifs is 1. The van der Waals surface area contributed by atoms with Crippen LogP contribution in [0.3, 0.4) is 0 Å². The Hall–Kier alpha value is -3.98. The third-order valence-corrected chi connectivity index (χ3v) is 8.50. The topological polar surface area (TPSA) is 84.3 Å². The quantitative estimate of drug-likeness (QED) is 0.215. The summed E-state index contributed by atoms with van der Waals surface area (Å²) in [5.74, 6) is -0.108. The molecule has 0 saturated heterocycles. The Morgan fingerprint density at radius 2 is 1.57 bits per heavy atom. The van der Waals surface area contributed by atoms with Crippen LogP contribution in [0.1, 0.15) is 13.8 Å². The highest BCUT2D eigenvalue weighted by atomic mass is 35.5. The average molecular weight is 573 g/mol.